The molecule has 6 radical (unpaired) electrons. The summed E-state index contributed by atoms with van der Waals surface area (Å²) < 4.78 is 0. The molecule has 90 valence electrons. The minimum atomic E-state index is -0.139. The Bertz CT molecular complexity index is 186. The Morgan fingerprint density at radius 3 is 0.688 bits per heavy atom. The summed E-state index contributed by atoms with van der Waals surface area (Å²) >= 11 is 0. The van der Waals surface area contributed by atoms with Crippen LogP contribution < -0.4 is 0 Å². The fourth-order valence-corrected chi connectivity index (χ4v) is 0. The predicted molar refractivity (Wildman–Crippen MR) is 71.8 cm³/mol. The van der Waals surface area contributed by atoms with Gasteiger partial charge < -0.3 is 0 Å². The van der Waals surface area contributed by atoms with E-state index < -0.39 is 0 Å². The molecule has 0 heterocycles. The van der Waals surface area contributed by atoms with Crippen molar-refractivity contribution in [2.45, 2.75) is 55.4 Å². The first kappa shape index (κ1) is 24.6. The Kier molecular flexibility index (Phi) is 13.2. The highest BCUT2D eigenvalue weighted by Gasteiger charge is 2.15. The first-order chi connectivity index (χ1) is 5.89. The molecule has 16 heavy (non-hydrogen) atoms. The second-order valence-corrected chi connectivity index (χ2v) is 5.61. The number of carbonyl (C=O) groups is 2. The highest BCUT2D eigenvalue weighted by Crippen LogP contribution is 2.13. The molecule has 0 bridgehead atoms. The molecule has 0 aliphatic heterocycles. The Morgan fingerprint density at radius 1 is 0.625 bits per heavy atom. The summed E-state index contributed by atoms with van der Waals surface area (Å²) in [4.78, 5) is 20.9. The SMILES string of the molecule is CC(=O)C(C)(C)C.CC(=O)C(C)(C)C.[B].[B]. The fraction of sp³-hybridized carbons (Fsp3) is 0.833. The van der Waals surface area contributed by atoms with Crippen LogP contribution in [0, 0.1) is 10.8 Å². The minimum absolute atomic E-state index is 0. The molecular formula is C12H24B2O2. The molecule has 0 aliphatic rings. The van der Waals surface area contributed by atoms with Crippen molar-refractivity contribution >= 4 is 28.4 Å². The van der Waals surface area contributed by atoms with Gasteiger partial charge in [0.2, 0.25) is 0 Å². The fourth-order valence-electron chi connectivity index (χ4n) is 0. The third-order valence-electron chi connectivity index (χ3n) is 2.11. The molecule has 0 aromatic rings. The molecule has 0 saturated carbocycles. The quantitative estimate of drug-likeness (QED) is 0.590. The smallest absolute Gasteiger partial charge is 0.135 e. The maximum Gasteiger partial charge on any atom is 0.135 e. The van der Waals surface area contributed by atoms with Crippen molar-refractivity contribution in [2.75, 3.05) is 0 Å². The second-order valence-electron chi connectivity index (χ2n) is 5.61. The predicted octanol–water partition coefficient (Wildman–Crippen LogP) is 2.48. The molecule has 0 unspecified atom stereocenters. The van der Waals surface area contributed by atoms with Gasteiger partial charge in [-0.1, -0.05) is 41.5 Å². The zero-order valence-corrected chi connectivity index (χ0v) is 12.0. The Morgan fingerprint density at radius 2 is 0.688 bits per heavy atom. The summed E-state index contributed by atoms with van der Waals surface area (Å²) in [6.45, 7) is 14.7. The highest BCUT2D eigenvalue weighted by molar-refractivity contribution is 5.81. The molecule has 0 rings (SSSR count). The number of carbonyl (C=O) groups excluding carboxylic acids is 2. The van der Waals surface area contributed by atoms with E-state index in [4.69, 9.17) is 0 Å². The van der Waals surface area contributed by atoms with Crippen LogP contribution >= 0.6 is 0 Å². The van der Waals surface area contributed by atoms with Crippen LogP contribution in [0.5, 0.6) is 0 Å². The molecule has 0 aromatic carbocycles. The van der Waals surface area contributed by atoms with Crippen LogP contribution in [-0.4, -0.2) is 28.4 Å². The third-order valence-corrected chi connectivity index (χ3v) is 2.11. The Hall–Kier alpha value is -0.530. The van der Waals surface area contributed by atoms with E-state index in [9.17, 15) is 9.59 Å². The molecule has 0 aromatic heterocycles. The van der Waals surface area contributed by atoms with Crippen molar-refractivity contribution < 1.29 is 9.59 Å². The Labute approximate surface area is 105 Å². The van der Waals surface area contributed by atoms with E-state index in [2.05, 4.69) is 0 Å². The molecule has 2 nitrogen and oxygen atoms in total. The topological polar surface area (TPSA) is 34.1 Å². The summed E-state index contributed by atoms with van der Waals surface area (Å²) in [5, 5.41) is 0. The van der Waals surface area contributed by atoms with Crippen molar-refractivity contribution in [3.05, 3.63) is 0 Å². The number of Topliss-reactive ketones (excluding diaryl/α,β-unsaturated/α-hetero) is 2. The van der Waals surface area contributed by atoms with Crippen LogP contribution in [0.4, 0.5) is 0 Å². The van der Waals surface area contributed by atoms with Gasteiger partial charge in [0.1, 0.15) is 11.6 Å². The van der Waals surface area contributed by atoms with E-state index in [-0.39, 0.29) is 39.2 Å². The summed E-state index contributed by atoms with van der Waals surface area (Å²) in [6.07, 6.45) is 0. The van der Waals surface area contributed by atoms with Crippen LogP contribution in [0.15, 0.2) is 0 Å². The van der Waals surface area contributed by atoms with E-state index in [1.54, 1.807) is 13.8 Å². The summed E-state index contributed by atoms with van der Waals surface area (Å²) in [7, 11) is 0. The van der Waals surface area contributed by atoms with Crippen LogP contribution in [0.1, 0.15) is 55.4 Å². The molecule has 0 atom stereocenters. The van der Waals surface area contributed by atoms with Crippen LogP contribution in [0.2, 0.25) is 0 Å². The third kappa shape index (κ3) is 15.9. The maximum atomic E-state index is 10.5. The van der Waals surface area contributed by atoms with Gasteiger partial charge in [-0.05, 0) is 13.8 Å². The molecule has 0 spiro atoms. The van der Waals surface area contributed by atoms with E-state index in [0.717, 1.165) is 0 Å². The molecule has 4 heteroatoms. The van der Waals surface area contributed by atoms with Crippen molar-refractivity contribution in [1.82, 2.24) is 0 Å². The molecule has 0 N–H and O–H groups in total. The summed E-state index contributed by atoms with van der Waals surface area (Å²) in [5.74, 6) is 0.486. The van der Waals surface area contributed by atoms with Gasteiger partial charge in [-0.3, -0.25) is 9.59 Å². The lowest BCUT2D eigenvalue weighted by Gasteiger charge is -2.11. The standard InChI is InChI=1S/2C6H12O.2B/c2*1-5(7)6(2,3)4;;/h2*1-4H3;;. The van der Waals surface area contributed by atoms with Gasteiger partial charge in [0, 0.05) is 27.7 Å². The van der Waals surface area contributed by atoms with Crippen LogP contribution in [0.25, 0.3) is 0 Å². The van der Waals surface area contributed by atoms with Gasteiger partial charge in [0.25, 0.3) is 0 Å². The number of rotatable bonds is 0. The number of hydrogen-bond donors (Lipinski definition) is 0. The summed E-state index contributed by atoms with van der Waals surface area (Å²) in [6, 6.07) is 0. The largest absolute Gasteiger partial charge is 0.299 e. The number of hydrogen-bond acceptors (Lipinski definition) is 2. The van der Waals surface area contributed by atoms with E-state index in [0.29, 0.717) is 0 Å². The van der Waals surface area contributed by atoms with Gasteiger partial charge in [-0.25, -0.2) is 0 Å². The zero-order chi connectivity index (χ0) is 12.2. The van der Waals surface area contributed by atoms with Gasteiger partial charge >= 0.3 is 0 Å². The molecule has 0 fully saturated rings. The first-order valence-electron chi connectivity index (χ1n) is 4.91. The minimum Gasteiger partial charge on any atom is -0.299 e. The molecule has 0 amide bonds. The van der Waals surface area contributed by atoms with E-state index in [1.807, 2.05) is 41.5 Å². The lowest BCUT2D eigenvalue weighted by molar-refractivity contribution is -0.124. The zero-order valence-electron chi connectivity index (χ0n) is 12.0. The van der Waals surface area contributed by atoms with Crippen molar-refractivity contribution in [3.63, 3.8) is 0 Å². The normalized spacial score (nSPS) is 10.0. The average molecular weight is 222 g/mol. The average Bonchev–Trinajstić information content (AvgIpc) is 1.83. The van der Waals surface area contributed by atoms with E-state index >= 15 is 0 Å². The molecule has 0 aliphatic carbocycles. The van der Waals surface area contributed by atoms with Crippen molar-refractivity contribution in [1.29, 1.82) is 0 Å². The Balaban J connectivity index is -0.0000000800. The molecule has 0 saturated heterocycles. The lowest BCUT2D eigenvalue weighted by Crippen LogP contribution is -2.15. The van der Waals surface area contributed by atoms with Gasteiger partial charge in [0.15, 0.2) is 0 Å². The summed E-state index contributed by atoms with van der Waals surface area (Å²) in [5.41, 5.74) is -0.278. The monoisotopic (exact) mass is 222 g/mol. The number of ketones is 2. The highest BCUT2D eigenvalue weighted by atomic mass is 16.1. The van der Waals surface area contributed by atoms with Crippen molar-refractivity contribution in [2.24, 2.45) is 10.8 Å². The first-order valence-corrected chi connectivity index (χ1v) is 4.91. The van der Waals surface area contributed by atoms with Gasteiger partial charge in [-0.15, -0.1) is 0 Å². The van der Waals surface area contributed by atoms with E-state index in [1.165, 1.54) is 0 Å². The van der Waals surface area contributed by atoms with Gasteiger partial charge in [-0.2, -0.15) is 0 Å². The van der Waals surface area contributed by atoms with Crippen LogP contribution in [-0.2, 0) is 9.59 Å². The van der Waals surface area contributed by atoms with Crippen molar-refractivity contribution in [3.8, 4) is 0 Å². The maximum absolute atomic E-state index is 10.5. The molecular weight excluding hydrogens is 198 g/mol. The van der Waals surface area contributed by atoms with Crippen LogP contribution in [0.3, 0.4) is 0 Å². The lowest BCUT2D eigenvalue weighted by atomic mass is 9.92. The second kappa shape index (κ2) is 8.60. The van der Waals surface area contributed by atoms with Gasteiger partial charge in [0.05, 0.1) is 0 Å².